The Morgan fingerprint density at radius 2 is 1.87 bits per heavy atom. The number of nitrogens with two attached hydrogens (primary N) is 1. The summed E-state index contributed by atoms with van der Waals surface area (Å²) in [5.74, 6) is -2.56. The van der Waals surface area contributed by atoms with Gasteiger partial charge < -0.3 is 10.6 Å². The highest BCUT2D eigenvalue weighted by Crippen LogP contribution is 2.30. The zero-order chi connectivity index (χ0) is 10.9. The van der Waals surface area contributed by atoms with Crippen molar-refractivity contribution in [3.05, 3.63) is 24.3 Å². The number of benzene rings is 1. The van der Waals surface area contributed by atoms with Crippen molar-refractivity contribution in [1.82, 2.24) is 0 Å². The summed E-state index contributed by atoms with van der Waals surface area (Å²) in [5.41, 5.74) is 7.02. The Kier molecular flexibility index (Phi) is 2.50. The molecular formula is C11H14F2N2. The number of rotatable bonds is 1. The summed E-state index contributed by atoms with van der Waals surface area (Å²) in [6.45, 7) is 0.510. The van der Waals surface area contributed by atoms with E-state index in [1.54, 1.807) is 29.2 Å². The van der Waals surface area contributed by atoms with E-state index in [1.165, 1.54) is 0 Å². The molecule has 82 valence electrons. The lowest BCUT2D eigenvalue weighted by atomic mass is 10.1. The SMILES string of the molecule is Nc1ccc(N2CCCC(F)(F)C2)cc1. The molecule has 0 spiro atoms. The average Bonchev–Trinajstić information content (AvgIpc) is 2.17. The van der Waals surface area contributed by atoms with E-state index in [9.17, 15) is 8.78 Å². The topological polar surface area (TPSA) is 29.3 Å². The van der Waals surface area contributed by atoms with Crippen molar-refractivity contribution >= 4 is 11.4 Å². The number of nitrogen functional groups attached to an aromatic ring is 1. The number of halogens is 2. The van der Waals surface area contributed by atoms with E-state index in [0.29, 0.717) is 18.7 Å². The molecule has 2 rings (SSSR count). The molecule has 1 aliphatic rings. The van der Waals surface area contributed by atoms with Gasteiger partial charge in [-0.1, -0.05) is 0 Å². The van der Waals surface area contributed by atoms with E-state index in [1.807, 2.05) is 0 Å². The molecule has 0 bridgehead atoms. The van der Waals surface area contributed by atoms with Gasteiger partial charge in [0, 0.05) is 24.3 Å². The van der Waals surface area contributed by atoms with Crippen LogP contribution >= 0.6 is 0 Å². The van der Waals surface area contributed by atoms with Crippen LogP contribution in [-0.2, 0) is 0 Å². The molecule has 1 aromatic rings. The summed E-state index contributed by atoms with van der Waals surface area (Å²) in [5, 5.41) is 0. The smallest absolute Gasteiger partial charge is 0.265 e. The van der Waals surface area contributed by atoms with Crippen LogP contribution in [0.4, 0.5) is 20.2 Å². The summed E-state index contributed by atoms with van der Waals surface area (Å²) in [4.78, 5) is 1.71. The summed E-state index contributed by atoms with van der Waals surface area (Å²) in [7, 11) is 0. The van der Waals surface area contributed by atoms with Crippen molar-refractivity contribution in [3.63, 3.8) is 0 Å². The summed E-state index contributed by atoms with van der Waals surface area (Å²) in [6.07, 6.45) is 0.538. The predicted octanol–water partition coefficient (Wildman–Crippen LogP) is 2.50. The van der Waals surface area contributed by atoms with Crippen molar-refractivity contribution < 1.29 is 8.78 Å². The molecule has 0 atom stereocenters. The number of piperidine rings is 1. The molecule has 1 saturated heterocycles. The number of hydrogen-bond donors (Lipinski definition) is 1. The fourth-order valence-electron chi connectivity index (χ4n) is 1.87. The monoisotopic (exact) mass is 212 g/mol. The molecule has 2 N–H and O–H groups in total. The van der Waals surface area contributed by atoms with E-state index < -0.39 is 5.92 Å². The highest BCUT2D eigenvalue weighted by atomic mass is 19.3. The molecule has 1 aromatic carbocycles. The Bertz CT molecular complexity index is 335. The van der Waals surface area contributed by atoms with Crippen molar-refractivity contribution in [2.75, 3.05) is 23.7 Å². The molecule has 0 aromatic heterocycles. The van der Waals surface area contributed by atoms with Gasteiger partial charge in [-0.05, 0) is 30.7 Å². The molecule has 4 heteroatoms. The zero-order valence-electron chi connectivity index (χ0n) is 8.42. The zero-order valence-corrected chi connectivity index (χ0v) is 8.42. The first-order chi connectivity index (χ1) is 7.07. The van der Waals surface area contributed by atoms with Gasteiger partial charge in [-0.2, -0.15) is 0 Å². The molecule has 1 heterocycles. The second kappa shape index (κ2) is 3.68. The molecule has 0 amide bonds. The standard InChI is InChI=1S/C11H14F2N2/c12-11(13)6-1-7-15(8-11)10-4-2-9(14)3-5-10/h2-5H,1,6-8,14H2. The maximum atomic E-state index is 13.2. The Balaban J connectivity index is 2.13. The summed E-state index contributed by atoms with van der Waals surface area (Å²) >= 11 is 0. The fourth-order valence-corrected chi connectivity index (χ4v) is 1.87. The maximum Gasteiger partial charge on any atom is 0.265 e. The van der Waals surface area contributed by atoms with Crippen LogP contribution < -0.4 is 10.6 Å². The van der Waals surface area contributed by atoms with Gasteiger partial charge in [0.2, 0.25) is 0 Å². The largest absolute Gasteiger partial charge is 0.399 e. The predicted molar refractivity (Wildman–Crippen MR) is 57.2 cm³/mol. The van der Waals surface area contributed by atoms with Gasteiger partial charge in [0.1, 0.15) is 0 Å². The third-order valence-electron chi connectivity index (χ3n) is 2.65. The molecule has 2 nitrogen and oxygen atoms in total. The van der Waals surface area contributed by atoms with E-state index in [-0.39, 0.29) is 13.0 Å². The van der Waals surface area contributed by atoms with Gasteiger partial charge in [0.25, 0.3) is 5.92 Å². The van der Waals surface area contributed by atoms with Gasteiger partial charge >= 0.3 is 0 Å². The minimum absolute atomic E-state index is 0.00152. The number of anilines is 2. The lowest BCUT2D eigenvalue weighted by molar-refractivity contribution is -0.0116. The van der Waals surface area contributed by atoms with Gasteiger partial charge in [0.15, 0.2) is 0 Å². The van der Waals surface area contributed by atoms with Crippen molar-refractivity contribution in [2.45, 2.75) is 18.8 Å². The third kappa shape index (κ3) is 2.37. The van der Waals surface area contributed by atoms with E-state index in [0.717, 1.165) is 5.69 Å². The van der Waals surface area contributed by atoms with Crippen molar-refractivity contribution in [1.29, 1.82) is 0 Å². The van der Waals surface area contributed by atoms with Crippen LogP contribution in [0.25, 0.3) is 0 Å². The van der Waals surface area contributed by atoms with Crippen LogP contribution in [0.5, 0.6) is 0 Å². The highest BCUT2D eigenvalue weighted by molar-refractivity contribution is 5.53. The highest BCUT2D eigenvalue weighted by Gasteiger charge is 2.35. The van der Waals surface area contributed by atoms with Crippen LogP contribution in [0.1, 0.15) is 12.8 Å². The fraction of sp³-hybridized carbons (Fsp3) is 0.455. The maximum absolute atomic E-state index is 13.2. The van der Waals surface area contributed by atoms with E-state index in [4.69, 9.17) is 5.73 Å². The van der Waals surface area contributed by atoms with Crippen molar-refractivity contribution in [2.24, 2.45) is 0 Å². The molecule has 15 heavy (non-hydrogen) atoms. The lowest BCUT2D eigenvalue weighted by Gasteiger charge is -2.34. The first-order valence-corrected chi connectivity index (χ1v) is 5.05. The second-order valence-corrected chi connectivity index (χ2v) is 3.97. The molecular weight excluding hydrogens is 198 g/mol. The molecule has 1 aliphatic heterocycles. The Morgan fingerprint density at radius 3 is 2.47 bits per heavy atom. The quantitative estimate of drug-likeness (QED) is 0.725. The van der Waals surface area contributed by atoms with E-state index >= 15 is 0 Å². The van der Waals surface area contributed by atoms with E-state index in [2.05, 4.69) is 0 Å². The number of nitrogens with zero attached hydrogens (tertiary/aromatic N) is 1. The van der Waals surface area contributed by atoms with Crippen LogP contribution in [0.2, 0.25) is 0 Å². The molecule has 0 unspecified atom stereocenters. The Labute approximate surface area is 87.7 Å². The van der Waals surface area contributed by atoms with Crippen LogP contribution in [-0.4, -0.2) is 19.0 Å². The van der Waals surface area contributed by atoms with Crippen LogP contribution in [0.3, 0.4) is 0 Å². The molecule has 0 saturated carbocycles. The third-order valence-corrected chi connectivity index (χ3v) is 2.65. The minimum atomic E-state index is -2.56. The number of hydrogen-bond acceptors (Lipinski definition) is 2. The van der Waals surface area contributed by atoms with Crippen molar-refractivity contribution in [3.8, 4) is 0 Å². The lowest BCUT2D eigenvalue weighted by Crippen LogP contribution is -2.42. The van der Waals surface area contributed by atoms with Gasteiger partial charge in [-0.3, -0.25) is 0 Å². The van der Waals surface area contributed by atoms with Crippen LogP contribution in [0.15, 0.2) is 24.3 Å². The van der Waals surface area contributed by atoms with Crippen LogP contribution in [0, 0.1) is 0 Å². The Morgan fingerprint density at radius 1 is 1.20 bits per heavy atom. The molecule has 1 fully saturated rings. The molecule has 0 aliphatic carbocycles. The first-order valence-electron chi connectivity index (χ1n) is 5.05. The number of alkyl halides is 2. The van der Waals surface area contributed by atoms with Gasteiger partial charge in [-0.15, -0.1) is 0 Å². The van der Waals surface area contributed by atoms with Gasteiger partial charge in [-0.25, -0.2) is 8.78 Å². The summed E-state index contributed by atoms with van der Waals surface area (Å²) < 4.78 is 26.3. The summed E-state index contributed by atoms with van der Waals surface area (Å²) in [6, 6.07) is 7.05. The molecule has 0 radical (unpaired) electrons. The second-order valence-electron chi connectivity index (χ2n) is 3.97. The average molecular weight is 212 g/mol. The first kappa shape index (κ1) is 10.2. The Hall–Kier alpha value is -1.32. The van der Waals surface area contributed by atoms with Gasteiger partial charge in [0.05, 0.1) is 6.54 Å². The minimum Gasteiger partial charge on any atom is -0.399 e. The normalized spacial score (nSPS) is 20.3.